The van der Waals surface area contributed by atoms with Gasteiger partial charge in [0, 0.05) is 24.8 Å². The van der Waals surface area contributed by atoms with Gasteiger partial charge < -0.3 is 14.6 Å². The number of anilines is 1. The molecule has 0 fully saturated rings. The number of hydrogen-bond acceptors (Lipinski definition) is 3. The van der Waals surface area contributed by atoms with E-state index < -0.39 is 0 Å². The molecule has 2 rings (SSSR count). The average molecular weight is 272 g/mol. The van der Waals surface area contributed by atoms with Crippen molar-refractivity contribution in [2.75, 3.05) is 19.0 Å². The van der Waals surface area contributed by atoms with Gasteiger partial charge in [0.15, 0.2) is 0 Å². The van der Waals surface area contributed by atoms with Crippen LogP contribution in [0.1, 0.15) is 28.2 Å². The van der Waals surface area contributed by atoms with Gasteiger partial charge in [0.25, 0.3) is 0 Å². The van der Waals surface area contributed by atoms with Crippen molar-refractivity contribution in [3.63, 3.8) is 0 Å². The van der Waals surface area contributed by atoms with E-state index in [9.17, 15) is 0 Å². The standard InChI is InChI=1S/C17H24N2O/c1-12-6-13(2)8-16(7-12)19(5)11-15-9-17(10-18-4)20-14(15)3/h6-9,18H,10-11H2,1-5H3. The maximum absolute atomic E-state index is 5.75. The lowest BCUT2D eigenvalue weighted by Gasteiger charge is -2.20. The van der Waals surface area contributed by atoms with Crippen LogP contribution >= 0.6 is 0 Å². The van der Waals surface area contributed by atoms with E-state index in [1.807, 2.05) is 14.0 Å². The summed E-state index contributed by atoms with van der Waals surface area (Å²) in [5, 5.41) is 3.12. The van der Waals surface area contributed by atoms with Crippen molar-refractivity contribution in [1.29, 1.82) is 0 Å². The SMILES string of the molecule is CNCc1cc(CN(C)c2cc(C)cc(C)c2)c(C)o1. The highest BCUT2D eigenvalue weighted by atomic mass is 16.3. The van der Waals surface area contributed by atoms with E-state index in [-0.39, 0.29) is 0 Å². The first-order valence-electron chi connectivity index (χ1n) is 7.02. The third kappa shape index (κ3) is 3.42. The minimum absolute atomic E-state index is 0.772. The number of hydrogen-bond donors (Lipinski definition) is 1. The predicted octanol–water partition coefficient (Wildman–Crippen LogP) is 3.56. The lowest BCUT2D eigenvalue weighted by Crippen LogP contribution is -2.16. The molecule has 1 heterocycles. The van der Waals surface area contributed by atoms with Gasteiger partial charge in [0.2, 0.25) is 0 Å². The van der Waals surface area contributed by atoms with E-state index in [0.29, 0.717) is 0 Å². The van der Waals surface area contributed by atoms with Crippen LogP contribution in [0.3, 0.4) is 0 Å². The van der Waals surface area contributed by atoms with Gasteiger partial charge in [-0.1, -0.05) is 6.07 Å². The van der Waals surface area contributed by atoms with Gasteiger partial charge >= 0.3 is 0 Å². The maximum atomic E-state index is 5.75. The first-order chi connectivity index (χ1) is 9.49. The van der Waals surface area contributed by atoms with Crippen LogP contribution in [0.15, 0.2) is 28.7 Å². The molecule has 0 amide bonds. The van der Waals surface area contributed by atoms with Crippen molar-refractivity contribution in [2.24, 2.45) is 0 Å². The van der Waals surface area contributed by atoms with E-state index in [4.69, 9.17) is 4.42 Å². The zero-order valence-corrected chi connectivity index (χ0v) is 13.1. The number of nitrogens with one attached hydrogen (secondary N) is 1. The second kappa shape index (κ2) is 6.14. The molecule has 3 nitrogen and oxygen atoms in total. The number of benzene rings is 1. The summed E-state index contributed by atoms with van der Waals surface area (Å²) in [7, 11) is 4.05. The molecule has 0 unspecified atom stereocenters. The third-order valence-electron chi connectivity index (χ3n) is 3.48. The minimum atomic E-state index is 0.772. The van der Waals surface area contributed by atoms with E-state index >= 15 is 0 Å². The molecular weight excluding hydrogens is 248 g/mol. The van der Waals surface area contributed by atoms with E-state index in [0.717, 1.165) is 24.6 Å². The molecule has 0 bridgehead atoms. The third-order valence-corrected chi connectivity index (χ3v) is 3.48. The zero-order chi connectivity index (χ0) is 14.7. The van der Waals surface area contributed by atoms with Crippen LogP contribution in [-0.2, 0) is 13.1 Å². The fourth-order valence-corrected chi connectivity index (χ4v) is 2.52. The molecule has 1 N–H and O–H groups in total. The molecule has 3 heteroatoms. The van der Waals surface area contributed by atoms with Gasteiger partial charge in [-0.3, -0.25) is 0 Å². The highest BCUT2D eigenvalue weighted by Crippen LogP contribution is 2.22. The molecular formula is C17H24N2O. The van der Waals surface area contributed by atoms with Gasteiger partial charge in [0.05, 0.1) is 6.54 Å². The highest BCUT2D eigenvalue weighted by molar-refractivity contribution is 5.50. The second-order valence-corrected chi connectivity index (χ2v) is 5.53. The summed E-state index contributed by atoms with van der Waals surface area (Å²) in [6.45, 7) is 7.94. The van der Waals surface area contributed by atoms with Crippen molar-refractivity contribution in [2.45, 2.75) is 33.9 Å². The monoisotopic (exact) mass is 272 g/mol. The Labute approximate surface area is 121 Å². The summed E-state index contributed by atoms with van der Waals surface area (Å²) in [5.74, 6) is 2.00. The molecule has 0 radical (unpaired) electrons. The van der Waals surface area contributed by atoms with Crippen LogP contribution in [-0.4, -0.2) is 14.1 Å². The fraction of sp³-hybridized carbons (Fsp3) is 0.412. The van der Waals surface area contributed by atoms with Gasteiger partial charge in [-0.25, -0.2) is 0 Å². The number of nitrogens with zero attached hydrogens (tertiary/aromatic N) is 1. The van der Waals surface area contributed by atoms with Crippen LogP contribution < -0.4 is 10.2 Å². The Kier molecular flexibility index (Phi) is 4.50. The Morgan fingerprint density at radius 1 is 1.05 bits per heavy atom. The predicted molar refractivity (Wildman–Crippen MR) is 84.2 cm³/mol. The first kappa shape index (κ1) is 14.7. The fourth-order valence-electron chi connectivity index (χ4n) is 2.52. The molecule has 0 atom stereocenters. The Balaban J connectivity index is 2.16. The normalized spacial score (nSPS) is 10.8. The minimum Gasteiger partial charge on any atom is -0.465 e. The van der Waals surface area contributed by atoms with E-state index in [1.165, 1.54) is 22.4 Å². The Morgan fingerprint density at radius 3 is 2.30 bits per heavy atom. The van der Waals surface area contributed by atoms with E-state index in [2.05, 4.69) is 55.4 Å². The largest absolute Gasteiger partial charge is 0.465 e. The quantitative estimate of drug-likeness (QED) is 0.902. The van der Waals surface area contributed by atoms with Crippen molar-refractivity contribution in [1.82, 2.24) is 5.32 Å². The van der Waals surface area contributed by atoms with Crippen LogP contribution in [0.5, 0.6) is 0 Å². The lowest BCUT2D eigenvalue weighted by atomic mass is 10.1. The molecule has 0 spiro atoms. The molecule has 1 aromatic heterocycles. The molecule has 108 valence electrons. The topological polar surface area (TPSA) is 28.4 Å². The van der Waals surface area contributed by atoms with Crippen molar-refractivity contribution in [3.8, 4) is 0 Å². The molecule has 1 aromatic carbocycles. The van der Waals surface area contributed by atoms with Gasteiger partial charge in [-0.2, -0.15) is 0 Å². The Bertz CT molecular complexity index is 566. The van der Waals surface area contributed by atoms with Crippen LogP contribution in [0.25, 0.3) is 0 Å². The zero-order valence-electron chi connectivity index (χ0n) is 13.1. The maximum Gasteiger partial charge on any atom is 0.118 e. The van der Waals surface area contributed by atoms with E-state index in [1.54, 1.807) is 0 Å². The summed E-state index contributed by atoms with van der Waals surface area (Å²) >= 11 is 0. The number of rotatable bonds is 5. The smallest absolute Gasteiger partial charge is 0.118 e. The molecule has 0 saturated heterocycles. The van der Waals surface area contributed by atoms with Crippen LogP contribution in [0.4, 0.5) is 5.69 Å². The Hall–Kier alpha value is -1.74. The summed E-state index contributed by atoms with van der Waals surface area (Å²) < 4.78 is 5.75. The molecule has 20 heavy (non-hydrogen) atoms. The summed E-state index contributed by atoms with van der Waals surface area (Å²) in [5.41, 5.74) is 5.09. The molecule has 2 aromatic rings. The second-order valence-electron chi connectivity index (χ2n) is 5.53. The van der Waals surface area contributed by atoms with Crippen LogP contribution in [0.2, 0.25) is 0 Å². The van der Waals surface area contributed by atoms with Gasteiger partial charge in [0.1, 0.15) is 11.5 Å². The van der Waals surface area contributed by atoms with Crippen LogP contribution in [0, 0.1) is 20.8 Å². The summed E-state index contributed by atoms with van der Waals surface area (Å²) in [4.78, 5) is 2.26. The van der Waals surface area contributed by atoms with Gasteiger partial charge in [-0.15, -0.1) is 0 Å². The number of aryl methyl sites for hydroxylation is 3. The average Bonchev–Trinajstić information content (AvgIpc) is 2.69. The molecule has 0 aliphatic rings. The lowest BCUT2D eigenvalue weighted by molar-refractivity contribution is 0.469. The van der Waals surface area contributed by atoms with Crippen molar-refractivity contribution >= 4 is 5.69 Å². The number of furan rings is 1. The molecule has 0 aliphatic carbocycles. The summed E-state index contributed by atoms with van der Waals surface area (Å²) in [6.07, 6.45) is 0. The van der Waals surface area contributed by atoms with Crippen molar-refractivity contribution < 1.29 is 4.42 Å². The molecule has 0 aliphatic heterocycles. The first-order valence-corrected chi connectivity index (χ1v) is 7.02. The van der Waals surface area contributed by atoms with Crippen molar-refractivity contribution in [3.05, 3.63) is 52.5 Å². The van der Waals surface area contributed by atoms with Gasteiger partial charge in [-0.05, 0) is 57.1 Å². The highest BCUT2D eigenvalue weighted by Gasteiger charge is 2.10. The summed E-state index contributed by atoms with van der Waals surface area (Å²) in [6, 6.07) is 8.78. The molecule has 0 saturated carbocycles. The Morgan fingerprint density at radius 2 is 1.70 bits per heavy atom.